The number of methoxy groups -OCH3 is 2. The van der Waals surface area contributed by atoms with E-state index < -0.39 is 18.5 Å². The SMILES string of the molecule is COC(=O)c1cc(OC)c(OC(F)F)cc1NC(=O)CCn1cnc2ccccc2c1=O. The number of alkyl halides is 2. The fourth-order valence-electron chi connectivity index (χ4n) is 2.99. The van der Waals surface area contributed by atoms with Crippen molar-refractivity contribution in [2.45, 2.75) is 19.6 Å². The monoisotopic (exact) mass is 447 g/mol. The fraction of sp³-hybridized carbons (Fsp3) is 0.238. The quantitative estimate of drug-likeness (QED) is 0.529. The molecule has 1 aromatic heterocycles. The lowest BCUT2D eigenvalue weighted by Gasteiger charge is -2.15. The number of nitrogens with zero attached hydrogens (tertiary/aromatic N) is 2. The first-order chi connectivity index (χ1) is 15.3. The molecule has 0 radical (unpaired) electrons. The number of aryl methyl sites for hydroxylation is 1. The lowest BCUT2D eigenvalue weighted by atomic mass is 10.1. The Kier molecular flexibility index (Phi) is 6.98. The van der Waals surface area contributed by atoms with Crippen molar-refractivity contribution in [3.8, 4) is 11.5 Å². The molecule has 0 aliphatic carbocycles. The minimum atomic E-state index is -3.15. The molecule has 32 heavy (non-hydrogen) atoms. The van der Waals surface area contributed by atoms with Crippen LogP contribution in [0.4, 0.5) is 14.5 Å². The zero-order chi connectivity index (χ0) is 23.3. The molecular weight excluding hydrogens is 428 g/mol. The number of hydrogen-bond acceptors (Lipinski definition) is 7. The van der Waals surface area contributed by atoms with Gasteiger partial charge in [-0.15, -0.1) is 0 Å². The molecule has 1 N–H and O–H groups in total. The Labute approximate surface area is 180 Å². The number of ether oxygens (including phenoxy) is 3. The Hall–Kier alpha value is -4.02. The largest absolute Gasteiger partial charge is 0.493 e. The van der Waals surface area contributed by atoms with Crippen molar-refractivity contribution in [1.82, 2.24) is 9.55 Å². The number of carbonyl (C=O) groups is 2. The van der Waals surface area contributed by atoms with Crippen LogP contribution in [0, 0.1) is 0 Å². The summed E-state index contributed by atoms with van der Waals surface area (Å²) in [6.45, 7) is -3.14. The maximum absolute atomic E-state index is 12.7. The lowest BCUT2D eigenvalue weighted by molar-refractivity contribution is -0.116. The highest BCUT2D eigenvalue weighted by atomic mass is 19.3. The van der Waals surface area contributed by atoms with E-state index in [0.717, 1.165) is 19.2 Å². The van der Waals surface area contributed by atoms with Crippen LogP contribution in [-0.4, -0.2) is 42.3 Å². The molecule has 3 aromatic rings. The third-order valence-electron chi connectivity index (χ3n) is 4.51. The van der Waals surface area contributed by atoms with Gasteiger partial charge in [0.2, 0.25) is 5.91 Å². The van der Waals surface area contributed by atoms with E-state index in [0.29, 0.717) is 10.9 Å². The van der Waals surface area contributed by atoms with E-state index in [-0.39, 0.29) is 41.3 Å². The number of aromatic nitrogens is 2. The second kappa shape index (κ2) is 9.86. The summed E-state index contributed by atoms with van der Waals surface area (Å²) >= 11 is 0. The van der Waals surface area contributed by atoms with Gasteiger partial charge < -0.3 is 19.5 Å². The first-order valence-electron chi connectivity index (χ1n) is 9.33. The summed E-state index contributed by atoms with van der Waals surface area (Å²) in [5.41, 5.74) is -0.00688. The van der Waals surface area contributed by atoms with Gasteiger partial charge in [0.25, 0.3) is 5.56 Å². The number of rotatable bonds is 8. The Morgan fingerprint density at radius 2 is 1.91 bits per heavy atom. The van der Waals surface area contributed by atoms with Gasteiger partial charge >= 0.3 is 12.6 Å². The number of amides is 1. The van der Waals surface area contributed by atoms with E-state index in [9.17, 15) is 23.2 Å². The number of para-hydroxylation sites is 1. The van der Waals surface area contributed by atoms with Crippen molar-refractivity contribution in [3.05, 3.63) is 58.6 Å². The number of halogens is 2. The molecule has 3 rings (SSSR count). The number of anilines is 1. The van der Waals surface area contributed by atoms with Crippen LogP contribution in [0.15, 0.2) is 47.5 Å². The zero-order valence-electron chi connectivity index (χ0n) is 17.1. The summed E-state index contributed by atoms with van der Waals surface area (Å²) in [6.07, 6.45) is 1.18. The second-order valence-electron chi connectivity index (χ2n) is 6.48. The Balaban J connectivity index is 1.82. The fourth-order valence-corrected chi connectivity index (χ4v) is 2.99. The average Bonchev–Trinajstić information content (AvgIpc) is 2.78. The minimum Gasteiger partial charge on any atom is -0.493 e. The molecule has 0 fully saturated rings. The Morgan fingerprint density at radius 1 is 1.16 bits per heavy atom. The predicted molar refractivity (Wildman–Crippen MR) is 110 cm³/mol. The van der Waals surface area contributed by atoms with Gasteiger partial charge in [-0.3, -0.25) is 14.2 Å². The molecule has 9 nitrogen and oxygen atoms in total. The van der Waals surface area contributed by atoms with Crippen LogP contribution in [0.5, 0.6) is 11.5 Å². The van der Waals surface area contributed by atoms with E-state index in [1.807, 2.05) is 0 Å². The van der Waals surface area contributed by atoms with Crippen molar-refractivity contribution < 1.29 is 32.6 Å². The molecule has 1 heterocycles. The molecule has 0 bridgehead atoms. The average molecular weight is 447 g/mol. The third-order valence-corrected chi connectivity index (χ3v) is 4.51. The van der Waals surface area contributed by atoms with E-state index >= 15 is 0 Å². The van der Waals surface area contributed by atoms with E-state index in [2.05, 4.69) is 19.8 Å². The molecule has 0 atom stereocenters. The van der Waals surface area contributed by atoms with Crippen LogP contribution in [0.3, 0.4) is 0 Å². The van der Waals surface area contributed by atoms with Gasteiger partial charge in [-0.2, -0.15) is 8.78 Å². The molecule has 11 heteroatoms. The van der Waals surface area contributed by atoms with Gasteiger partial charge in [-0.05, 0) is 12.1 Å². The zero-order valence-corrected chi connectivity index (χ0v) is 17.1. The van der Waals surface area contributed by atoms with Crippen LogP contribution < -0.4 is 20.3 Å². The second-order valence-corrected chi connectivity index (χ2v) is 6.48. The number of nitrogens with one attached hydrogen (secondary N) is 1. The third kappa shape index (κ3) is 4.99. The molecule has 0 unspecified atom stereocenters. The van der Waals surface area contributed by atoms with Gasteiger partial charge in [-0.25, -0.2) is 9.78 Å². The Morgan fingerprint density at radius 3 is 2.59 bits per heavy atom. The maximum Gasteiger partial charge on any atom is 0.387 e. The van der Waals surface area contributed by atoms with Gasteiger partial charge in [0.05, 0.1) is 42.7 Å². The summed E-state index contributed by atoms with van der Waals surface area (Å²) in [4.78, 5) is 41.3. The van der Waals surface area contributed by atoms with Crippen molar-refractivity contribution >= 4 is 28.5 Å². The highest BCUT2D eigenvalue weighted by molar-refractivity contribution is 6.02. The molecule has 1 amide bonds. The summed E-state index contributed by atoms with van der Waals surface area (Å²) in [5.74, 6) is -1.92. The molecule has 0 aliphatic heterocycles. The lowest BCUT2D eigenvalue weighted by Crippen LogP contribution is -2.24. The highest BCUT2D eigenvalue weighted by Gasteiger charge is 2.21. The smallest absolute Gasteiger partial charge is 0.387 e. The summed E-state index contributed by atoms with van der Waals surface area (Å²) in [5, 5.41) is 2.87. The van der Waals surface area contributed by atoms with Crippen LogP contribution >= 0.6 is 0 Å². The summed E-state index contributed by atoms with van der Waals surface area (Å²) < 4.78 is 40.8. The van der Waals surface area contributed by atoms with Crippen LogP contribution in [0.25, 0.3) is 10.9 Å². The minimum absolute atomic E-state index is 0.00655. The number of fused-ring (bicyclic) bond motifs is 1. The summed E-state index contributed by atoms with van der Waals surface area (Å²) in [7, 11) is 2.34. The highest BCUT2D eigenvalue weighted by Crippen LogP contribution is 2.35. The van der Waals surface area contributed by atoms with Crippen molar-refractivity contribution in [1.29, 1.82) is 0 Å². The molecule has 0 spiro atoms. The molecule has 0 saturated carbocycles. The molecule has 2 aromatic carbocycles. The van der Waals surface area contributed by atoms with Gasteiger partial charge in [0, 0.05) is 25.1 Å². The topological polar surface area (TPSA) is 109 Å². The predicted octanol–water partition coefficient (Wildman–Crippen LogP) is 2.82. The van der Waals surface area contributed by atoms with Gasteiger partial charge in [0.15, 0.2) is 11.5 Å². The van der Waals surface area contributed by atoms with Crippen LogP contribution in [0.2, 0.25) is 0 Å². The number of esters is 1. The summed E-state index contributed by atoms with van der Waals surface area (Å²) in [6, 6.07) is 8.96. The van der Waals surface area contributed by atoms with Crippen LogP contribution in [-0.2, 0) is 16.1 Å². The van der Waals surface area contributed by atoms with E-state index in [1.165, 1.54) is 18.0 Å². The molecule has 0 saturated heterocycles. The van der Waals surface area contributed by atoms with Crippen molar-refractivity contribution in [2.75, 3.05) is 19.5 Å². The van der Waals surface area contributed by atoms with Gasteiger partial charge in [0.1, 0.15) is 0 Å². The molecule has 168 valence electrons. The van der Waals surface area contributed by atoms with Crippen molar-refractivity contribution in [2.24, 2.45) is 0 Å². The normalized spacial score (nSPS) is 10.8. The molecular formula is C21H19F2N3O6. The maximum atomic E-state index is 12.7. The number of hydrogen-bond donors (Lipinski definition) is 1. The number of benzene rings is 2. The van der Waals surface area contributed by atoms with Crippen LogP contribution in [0.1, 0.15) is 16.8 Å². The Bertz CT molecular complexity index is 1210. The van der Waals surface area contributed by atoms with Crippen molar-refractivity contribution in [3.63, 3.8) is 0 Å². The van der Waals surface area contributed by atoms with E-state index in [4.69, 9.17) is 4.74 Å². The molecule has 0 aliphatic rings. The first kappa shape index (κ1) is 22.7. The van der Waals surface area contributed by atoms with Gasteiger partial charge in [-0.1, -0.05) is 12.1 Å². The standard InChI is InChI=1S/C21H19F2N3O6/c1-30-16-9-13(20(29)31-2)15(10-17(16)32-21(22)23)25-18(27)7-8-26-11-24-14-6-4-3-5-12(14)19(26)28/h3-6,9-11,21H,7-8H2,1-2H3,(H,25,27). The first-order valence-corrected chi connectivity index (χ1v) is 9.33. The van der Waals surface area contributed by atoms with E-state index in [1.54, 1.807) is 24.3 Å². The number of carbonyl (C=O) groups excluding carboxylic acids is 2.